The first-order chi connectivity index (χ1) is 8.02. The molecule has 0 heterocycles. The molecule has 2 N–H and O–H groups in total. The van der Waals surface area contributed by atoms with E-state index in [9.17, 15) is 13.6 Å². The van der Waals surface area contributed by atoms with Crippen molar-refractivity contribution in [1.29, 1.82) is 0 Å². The third kappa shape index (κ3) is 2.78. The number of primary amides is 1. The Bertz CT molecular complexity index is 412. The van der Waals surface area contributed by atoms with Crippen LogP contribution >= 0.6 is 0 Å². The summed E-state index contributed by atoms with van der Waals surface area (Å²) in [6, 6.07) is 4.00. The normalized spacial score (nSPS) is 14.4. The first-order valence-electron chi connectivity index (χ1n) is 4.79. The lowest BCUT2D eigenvalue weighted by Gasteiger charge is -2.17. The fraction of sp³-hybridized carbons (Fsp3) is 0.364. The van der Waals surface area contributed by atoms with Crippen molar-refractivity contribution in [2.24, 2.45) is 5.73 Å². The standard InChI is InChI=1S/C11H13F2NO3/c1-16-9(12)6-4-3-5-7(11(14)15)8(6)10(13)17-2/h3-5,9-10H,1-2H3,(H2,14,15). The lowest BCUT2D eigenvalue weighted by Crippen LogP contribution is -2.17. The van der Waals surface area contributed by atoms with E-state index < -0.39 is 18.6 Å². The predicted octanol–water partition coefficient (Wildman–Crippen LogP) is 2.01. The van der Waals surface area contributed by atoms with E-state index in [1.165, 1.54) is 18.2 Å². The van der Waals surface area contributed by atoms with Gasteiger partial charge in [0, 0.05) is 30.9 Å². The molecule has 4 nitrogen and oxygen atoms in total. The van der Waals surface area contributed by atoms with Crippen molar-refractivity contribution in [2.45, 2.75) is 12.7 Å². The van der Waals surface area contributed by atoms with Gasteiger partial charge in [-0.1, -0.05) is 12.1 Å². The van der Waals surface area contributed by atoms with Crippen LogP contribution in [0.1, 0.15) is 34.2 Å². The number of ether oxygens (including phenoxy) is 2. The van der Waals surface area contributed by atoms with Gasteiger partial charge in [-0.25, -0.2) is 8.78 Å². The van der Waals surface area contributed by atoms with E-state index in [2.05, 4.69) is 9.47 Å². The van der Waals surface area contributed by atoms with Crippen LogP contribution < -0.4 is 5.73 Å². The van der Waals surface area contributed by atoms with Gasteiger partial charge in [-0.15, -0.1) is 0 Å². The van der Waals surface area contributed by atoms with E-state index in [0.717, 1.165) is 14.2 Å². The number of hydrogen-bond acceptors (Lipinski definition) is 3. The van der Waals surface area contributed by atoms with Gasteiger partial charge in [-0.05, 0) is 6.07 Å². The highest BCUT2D eigenvalue weighted by Gasteiger charge is 2.25. The van der Waals surface area contributed by atoms with E-state index in [1.54, 1.807) is 0 Å². The Morgan fingerprint density at radius 1 is 1.24 bits per heavy atom. The zero-order valence-corrected chi connectivity index (χ0v) is 9.44. The molecule has 0 radical (unpaired) electrons. The van der Waals surface area contributed by atoms with E-state index >= 15 is 0 Å². The van der Waals surface area contributed by atoms with Crippen LogP contribution in [-0.4, -0.2) is 20.1 Å². The van der Waals surface area contributed by atoms with Gasteiger partial charge in [-0.3, -0.25) is 4.79 Å². The van der Waals surface area contributed by atoms with Crippen molar-refractivity contribution < 1.29 is 23.0 Å². The van der Waals surface area contributed by atoms with Gasteiger partial charge in [0.1, 0.15) is 0 Å². The molecule has 94 valence electrons. The third-order valence-corrected chi connectivity index (χ3v) is 2.29. The van der Waals surface area contributed by atoms with Crippen LogP contribution in [0.3, 0.4) is 0 Å². The van der Waals surface area contributed by atoms with Gasteiger partial charge in [0.15, 0.2) is 0 Å². The topological polar surface area (TPSA) is 61.5 Å². The quantitative estimate of drug-likeness (QED) is 0.863. The molecule has 1 amide bonds. The molecule has 0 fully saturated rings. The maximum Gasteiger partial charge on any atom is 0.249 e. The van der Waals surface area contributed by atoms with Gasteiger partial charge in [0.25, 0.3) is 0 Å². The van der Waals surface area contributed by atoms with Crippen molar-refractivity contribution >= 4 is 5.91 Å². The fourth-order valence-corrected chi connectivity index (χ4v) is 1.49. The number of hydrogen-bond donors (Lipinski definition) is 1. The average molecular weight is 245 g/mol. The van der Waals surface area contributed by atoms with Crippen LogP contribution in [0, 0.1) is 0 Å². The monoisotopic (exact) mass is 245 g/mol. The second kappa shape index (κ2) is 5.70. The lowest BCUT2D eigenvalue weighted by atomic mass is 10.00. The molecule has 0 aliphatic rings. The molecule has 17 heavy (non-hydrogen) atoms. The number of carbonyl (C=O) groups is 1. The molecule has 1 aromatic rings. The maximum absolute atomic E-state index is 13.6. The summed E-state index contributed by atoms with van der Waals surface area (Å²) in [5.74, 6) is -0.857. The Labute approximate surface area is 97.3 Å². The molecule has 0 bridgehead atoms. The molecule has 0 aliphatic carbocycles. The minimum Gasteiger partial charge on any atom is -0.366 e. The first-order valence-corrected chi connectivity index (χ1v) is 4.79. The Kier molecular flexibility index (Phi) is 4.53. The van der Waals surface area contributed by atoms with Crippen LogP contribution in [0.2, 0.25) is 0 Å². The Morgan fingerprint density at radius 3 is 2.29 bits per heavy atom. The second-order valence-corrected chi connectivity index (χ2v) is 3.28. The largest absolute Gasteiger partial charge is 0.366 e. The summed E-state index contributed by atoms with van der Waals surface area (Å²) in [6.07, 6.45) is -3.79. The van der Waals surface area contributed by atoms with Gasteiger partial charge in [0.05, 0.1) is 0 Å². The van der Waals surface area contributed by atoms with E-state index in [-0.39, 0.29) is 16.7 Å². The number of amides is 1. The number of halogens is 2. The highest BCUT2D eigenvalue weighted by molar-refractivity contribution is 5.94. The summed E-state index contributed by atoms with van der Waals surface area (Å²) < 4.78 is 36.0. The van der Waals surface area contributed by atoms with Crippen LogP contribution in [-0.2, 0) is 9.47 Å². The number of rotatable bonds is 5. The molecule has 0 saturated heterocycles. The summed E-state index contributed by atoms with van der Waals surface area (Å²) in [4.78, 5) is 11.1. The summed E-state index contributed by atoms with van der Waals surface area (Å²) in [5.41, 5.74) is 4.61. The van der Waals surface area contributed by atoms with Gasteiger partial charge >= 0.3 is 0 Å². The third-order valence-electron chi connectivity index (χ3n) is 2.29. The number of benzene rings is 1. The van der Waals surface area contributed by atoms with Crippen LogP contribution in [0.5, 0.6) is 0 Å². The van der Waals surface area contributed by atoms with Crippen molar-refractivity contribution in [2.75, 3.05) is 14.2 Å². The number of nitrogens with two attached hydrogens (primary N) is 1. The van der Waals surface area contributed by atoms with Crippen molar-refractivity contribution in [3.05, 3.63) is 34.9 Å². The second-order valence-electron chi connectivity index (χ2n) is 3.28. The molecule has 0 saturated carbocycles. The van der Waals surface area contributed by atoms with Crippen LogP contribution in [0.4, 0.5) is 8.78 Å². The highest BCUT2D eigenvalue weighted by atomic mass is 19.2. The molecule has 0 aromatic heterocycles. The molecule has 2 unspecified atom stereocenters. The van der Waals surface area contributed by atoms with Gasteiger partial charge in [-0.2, -0.15) is 0 Å². The van der Waals surface area contributed by atoms with Crippen molar-refractivity contribution in [1.82, 2.24) is 0 Å². The maximum atomic E-state index is 13.6. The summed E-state index contributed by atoms with van der Waals surface area (Å²) in [7, 11) is 2.23. The number of methoxy groups -OCH3 is 2. The minimum absolute atomic E-state index is 0.113. The molecular formula is C11H13F2NO3. The summed E-state index contributed by atoms with van der Waals surface area (Å²) in [6.45, 7) is 0. The van der Waals surface area contributed by atoms with Crippen LogP contribution in [0.15, 0.2) is 18.2 Å². The zero-order valence-electron chi connectivity index (χ0n) is 9.44. The zero-order chi connectivity index (χ0) is 13.0. The Morgan fingerprint density at radius 2 is 1.82 bits per heavy atom. The predicted molar refractivity (Wildman–Crippen MR) is 56.7 cm³/mol. The van der Waals surface area contributed by atoms with Crippen LogP contribution in [0.25, 0.3) is 0 Å². The number of alkyl halides is 2. The molecular weight excluding hydrogens is 232 g/mol. The van der Waals surface area contributed by atoms with Crippen molar-refractivity contribution in [3.63, 3.8) is 0 Å². The average Bonchev–Trinajstić information content (AvgIpc) is 2.35. The Balaban J connectivity index is 3.39. The highest BCUT2D eigenvalue weighted by Crippen LogP contribution is 2.32. The lowest BCUT2D eigenvalue weighted by molar-refractivity contribution is -0.0267. The summed E-state index contributed by atoms with van der Waals surface area (Å²) in [5, 5.41) is 0. The molecule has 2 atom stereocenters. The molecule has 0 aliphatic heterocycles. The summed E-state index contributed by atoms with van der Waals surface area (Å²) >= 11 is 0. The van der Waals surface area contributed by atoms with E-state index in [4.69, 9.17) is 5.73 Å². The molecule has 6 heteroatoms. The minimum atomic E-state index is -1.94. The number of carbonyl (C=O) groups excluding carboxylic acids is 1. The van der Waals surface area contributed by atoms with E-state index in [1.807, 2.05) is 0 Å². The molecule has 0 spiro atoms. The first kappa shape index (κ1) is 13.5. The molecule has 1 aromatic carbocycles. The molecule has 1 rings (SSSR count). The van der Waals surface area contributed by atoms with Crippen molar-refractivity contribution in [3.8, 4) is 0 Å². The SMILES string of the molecule is COC(F)c1cccc(C(N)=O)c1C(F)OC. The van der Waals surface area contributed by atoms with E-state index in [0.29, 0.717) is 0 Å². The fourth-order valence-electron chi connectivity index (χ4n) is 1.49. The van der Waals surface area contributed by atoms with Gasteiger partial charge in [0.2, 0.25) is 18.6 Å². The Hall–Kier alpha value is -1.53. The smallest absolute Gasteiger partial charge is 0.249 e. The van der Waals surface area contributed by atoms with Gasteiger partial charge < -0.3 is 15.2 Å².